The van der Waals surface area contributed by atoms with Crippen LogP contribution in [0.3, 0.4) is 0 Å². The van der Waals surface area contributed by atoms with Gasteiger partial charge in [0, 0.05) is 52.9 Å². The maximum atomic E-state index is 12.0. The topological polar surface area (TPSA) is 74.8 Å². The Kier molecular flexibility index (Phi) is 4.65. The zero-order valence-electron chi connectivity index (χ0n) is 15.3. The highest BCUT2D eigenvalue weighted by Crippen LogP contribution is 2.42. The normalized spacial score (nSPS) is 11.9. The van der Waals surface area contributed by atoms with Crippen molar-refractivity contribution in [3.8, 4) is 22.5 Å². The van der Waals surface area contributed by atoms with E-state index in [1.165, 1.54) is 0 Å². The van der Waals surface area contributed by atoms with Crippen LogP contribution in [0.25, 0.3) is 33.4 Å². The third-order valence-corrected chi connectivity index (χ3v) is 5.23. The van der Waals surface area contributed by atoms with Crippen LogP contribution in [0.5, 0.6) is 0 Å². The monoisotopic (exact) mass is 436 g/mol. The Morgan fingerprint density at radius 1 is 1.07 bits per heavy atom. The summed E-state index contributed by atoms with van der Waals surface area (Å²) in [5, 5.41) is 14.5. The zero-order valence-corrected chi connectivity index (χ0v) is 16.9. The SMILES string of the molecule is CN=c1ccc2c(-c3ccc(Br)cc3C(=O)O)c3ccc(NC)cc3oc-2c1. The molecule has 6 heteroatoms. The summed E-state index contributed by atoms with van der Waals surface area (Å²) in [5.41, 5.74) is 4.10. The van der Waals surface area contributed by atoms with E-state index in [-0.39, 0.29) is 5.56 Å². The van der Waals surface area contributed by atoms with Crippen molar-refractivity contribution in [2.24, 2.45) is 4.99 Å². The van der Waals surface area contributed by atoms with Crippen LogP contribution < -0.4 is 10.7 Å². The van der Waals surface area contributed by atoms with Crippen LogP contribution in [0, 0.1) is 0 Å². The lowest BCUT2D eigenvalue weighted by atomic mass is 9.90. The van der Waals surface area contributed by atoms with Crippen molar-refractivity contribution in [3.05, 3.63) is 70.0 Å². The van der Waals surface area contributed by atoms with Gasteiger partial charge in [-0.2, -0.15) is 0 Å². The van der Waals surface area contributed by atoms with E-state index in [0.29, 0.717) is 21.4 Å². The third kappa shape index (κ3) is 3.05. The Morgan fingerprint density at radius 3 is 2.57 bits per heavy atom. The summed E-state index contributed by atoms with van der Waals surface area (Å²) in [6.45, 7) is 0. The third-order valence-electron chi connectivity index (χ3n) is 4.73. The second-order valence-corrected chi connectivity index (χ2v) is 7.25. The minimum Gasteiger partial charge on any atom is -0.478 e. The van der Waals surface area contributed by atoms with Crippen molar-refractivity contribution in [3.63, 3.8) is 0 Å². The lowest BCUT2D eigenvalue weighted by Crippen LogP contribution is -2.04. The maximum absolute atomic E-state index is 12.0. The predicted molar refractivity (Wildman–Crippen MR) is 114 cm³/mol. The molecular formula is C22H17BrN2O3. The molecule has 0 fully saturated rings. The van der Waals surface area contributed by atoms with Gasteiger partial charge in [-0.05, 0) is 42.0 Å². The van der Waals surface area contributed by atoms with Gasteiger partial charge in [0.2, 0.25) is 0 Å². The standard InChI is InChI=1S/C22H17BrN2O3/c1-24-13-4-7-16-19(10-13)28-20-11-14(25-2)5-8-17(20)21(16)15-6-3-12(23)9-18(15)22(26)27/h3-11,24H,1-2H3,(H,26,27). The maximum Gasteiger partial charge on any atom is 0.336 e. The number of carboxylic acid groups (broad SMARTS) is 1. The Bertz CT molecular complexity index is 1260. The van der Waals surface area contributed by atoms with Gasteiger partial charge in [0.05, 0.1) is 10.9 Å². The van der Waals surface area contributed by atoms with Crippen LogP contribution in [0.15, 0.2) is 68.5 Å². The molecule has 28 heavy (non-hydrogen) atoms. The fourth-order valence-corrected chi connectivity index (χ4v) is 3.74. The van der Waals surface area contributed by atoms with Gasteiger partial charge in [-0.25, -0.2) is 4.79 Å². The minimum absolute atomic E-state index is 0.227. The van der Waals surface area contributed by atoms with E-state index in [9.17, 15) is 9.90 Å². The molecule has 0 saturated heterocycles. The molecule has 5 nitrogen and oxygen atoms in total. The molecule has 1 aliphatic carbocycles. The van der Waals surface area contributed by atoms with Crippen LogP contribution in [-0.2, 0) is 0 Å². The highest BCUT2D eigenvalue weighted by atomic mass is 79.9. The Balaban J connectivity index is 2.19. The second-order valence-electron chi connectivity index (χ2n) is 6.34. The number of fused-ring (bicyclic) bond motifs is 2. The van der Waals surface area contributed by atoms with E-state index in [2.05, 4.69) is 26.2 Å². The number of hydrogen-bond acceptors (Lipinski definition) is 4. The van der Waals surface area contributed by atoms with Gasteiger partial charge >= 0.3 is 5.97 Å². The average Bonchev–Trinajstić information content (AvgIpc) is 2.71. The number of rotatable bonds is 3. The summed E-state index contributed by atoms with van der Waals surface area (Å²) < 4.78 is 6.88. The number of carbonyl (C=O) groups is 1. The fourth-order valence-electron chi connectivity index (χ4n) is 3.38. The first-order valence-corrected chi connectivity index (χ1v) is 9.45. The van der Waals surface area contributed by atoms with Crippen LogP contribution in [0.2, 0.25) is 0 Å². The van der Waals surface area contributed by atoms with E-state index < -0.39 is 5.97 Å². The van der Waals surface area contributed by atoms with Gasteiger partial charge < -0.3 is 14.8 Å². The zero-order chi connectivity index (χ0) is 19.8. The molecule has 0 radical (unpaired) electrons. The van der Waals surface area contributed by atoms with E-state index in [4.69, 9.17) is 4.42 Å². The lowest BCUT2D eigenvalue weighted by Gasteiger charge is -2.17. The van der Waals surface area contributed by atoms with E-state index in [1.807, 2.05) is 55.6 Å². The van der Waals surface area contributed by atoms with Crippen LogP contribution >= 0.6 is 15.9 Å². The quantitative estimate of drug-likeness (QED) is 0.430. The summed E-state index contributed by atoms with van der Waals surface area (Å²) in [6.07, 6.45) is 0. The molecule has 4 rings (SSSR count). The largest absolute Gasteiger partial charge is 0.478 e. The summed E-state index contributed by atoms with van der Waals surface area (Å²) in [7, 11) is 3.56. The Morgan fingerprint density at radius 2 is 1.86 bits per heavy atom. The first kappa shape index (κ1) is 18.3. The van der Waals surface area contributed by atoms with Gasteiger partial charge in [0.25, 0.3) is 0 Å². The van der Waals surface area contributed by atoms with Crippen LogP contribution in [0.4, 0.5) is 5.69 Å². The molecule has 0 unspecified atom stereocenters. The molecule has 2 N–H and O–H groups in total. The van der Waals surface area contributed by atoms with E-state index >= 15 is 0 Å². The van der Waals surface area contributed by atoms with Crippen molar-refractivity contribution < 1.29 is 14.3 Å². The molecular weight excluding hydrogens is 420 g/mol. The van der Waals surface area contributed by atoms with Crippen molar-refractivity contribution >= 4 is 38.6 Å². The fraction of sp³-hybridized carbons (Fsp3) is 0.0909. The molecule has 0 aromatic heterocycles. The number of nitrogens with zero attached hydrogens (tertiary/aromatic N) is 1. The number of benzene rings is 3. The summed E-state index contributed by atoms with van der Waals surface area (Å²) >= 11 is 3.37. The van der Waals surface area contributed by atoms with Crippen molar-refractivity contribution in [2.45, 2.75) is 0 Å². The van der Waals surface area contributed by atoms with Gasteiger partial charge in [-0.15, -0.1) is 0 Å². The molecule has 0 atom stereocenters. The molecule has 1 heterocycles. The number of nitrogens with one attached hydrogen (secondary N) is 1. The van der Waals surface area contributed by atoms with Gasteiger partial charge in [-0.1, -0.05) is 22.0 Å². The first-order chi connectivity index (χ1) is 13.5. The molecule has 2 aliphatic rings. The van der Waals surface area contributed by atoms with E-state index in [0.717, 1.165) is 27.6 Å². The molecule has 140 valence electrons. The van der Waals surface area contributed by atoms with Crippen LogP contribution in [-0.4, -0.2) is 25.2 Å². The first-order valence-electron chi connectivity index (χ1n) is 8.66. The number of halogens is 1. The van der Waals surface area contributed by atoms with E-state index in [1.54, 1.807) is 13.1 Å². The van der Waals surface area contributed by atoms with Crippen molar-refractivity contribution in [1.82, 2.24) is 0 Å². The Labute approximate surface area is 169 Å². The molecule has 2 aromatic rings. The number of aromatic carboxylic acids is 1. The summed E-state index contributed by atoms with van der Waals surface area (Å²) in [4.78, 5) is 16.2. The van der Waals surface area contributed by atoms with Gasteiger partial charge in [-0.3, -0.25) is 4.99 Å². The molecule has 0 spiro atoms. The van der Waals surface area contributed by atoms with Gasteiger partial charge in [0.1, 0.15) is 11.3 Å². The minimum atomic E-state index is -0.981. The summed E-state index contributed by atoms with van der Waals surface area (Å²) in [6, 6.07) is 16.8. The highest BCUT2D eigenvalue weighted by molar-refractivity contribution is 9.10. The molecule has 2 aromatic carbocycles. The molecule has 1 aliphatic heterocycles. The van der Waals surface area contributed by atoms with Crippen LogP contribution in [0.1, 0.15) is 10.4 Å². The average molecular weight is 437 g/mol. The molecule has 0 saturated carbocycles. The second kappa shape index (κ2) is 7.13. The molecule has 0 bridgehead atoms. The number of anilines is 1. The lowest BCUT2D eigenvalue weighted by molar-refractivity contribution is 0.0697. The smallest absolute Gasteiger partial charge is 0.336 e. The highest BCUT2D eigenvalue weighted by Gasteiger charge is 2.21. The van der Waals surface area contributed by atoms with Gasteiger partial charge in [0.15, 0.2) is 0 Å². The van der Waals surface area contributed by atoms with Crippen molar-refractivity contribution in [2.75, 3.05) is 19.4 Å². The number of hydrogen-bond donors (Lipinski definition) is 2. The Hall–Kier alpha value is -3.12. The summed E-state index contributed by atoms with van der Waals surface area (Å²) in [5.74, 6) is -0.330. The van der Waals surface area contributed by atoms with Crippen molar-refractivity contribution in [1.29, 1.82) is 0 Å². The molecule has 0 amide bonds. The number of carboxylic acids is 1. The predicted octanol–water partition coefficient (Wildman–Crippen LogP) is 5.24.